The van der Waals surface area contributed by atoms with Crippen molar-refractivity contribution >= 4 is 0 Å². The minimum absolute atomic E-state index is 0.176. The van der Waals surface area contributed by atoms with Crippen LogP contribution in [0.2, 0.25) is 0 Å². The molecule has 3 N–H and O–H groups in total. The SMILES string of the molecule is Cc1nc2c(n1CCO)CCC(N)C2. The number of imidazole rings is 1. The molecule has 2 rings (SSSR count). The molecule has 4 heteroatoms. The summed E-state index contributed by atoms with van der Waals surface area (Å²) in [6.07, 6.45) is 2.91. The molecule has 0 spiro atoms. The van der Waals surface area contributed by atoms with Crippen LogP contribution in [-0.2, 0) is 19.4 Å². The monoisotopic (exact) mass is 195 g/mol. The molecule has 1 heterocycles. The molecule has 1 atom stereocenters. The maximum atomic E-state index is 8.94. The van der Waals surface area contributed by atoms with Crippen LogP contribution in [0.25, 0.3) is 0 Å². The summed E-state index contributed by atoms with van der Waals surface area (Å²) in [4.78, 5) is 4.49. The zero-order valence-corrected chi connectivity index (χ0v) is 8.53. The van der Waals surface area contributed by atoms with Crippen LogP contribution in [0, 0.1) is 6.92 Å². The van der Waals surface area contributed by atoms with E-state index in [1.54, 1.807) is 0 Å². The van der Waals surface area contributed by atoms with E-state index in [0.29, 0.717) is 6.54 Å². The second kappa shape index (κ2) is 3.71. The molecule has 1 aliphatic rings. The smallest absolute Gasteiger partial charge is 0.106 e. The molecule has 0 aromatic carbocycles. The number of rotatable bonds is 2. The first-order valence-electron chi connectivity index (χ1n) is 5.13. The zero-order valence-electron chi connectivity index (χ0n) is 8.53. The van der Waals surface area contributed by atoms with Crippen LogP contribution in [0.4, 0.5) is 0 Å². The fourth-order valence-electron chi connectivity index (χ4n) is 2.18. The molecule has 0 bridgehead atoms. The minimum Gasteiger partial charge on any atom is -0.395 e. The highest BCUT2D eigenvalue weighted by molar-refractivity contribution is 5.21. The van der Waals surface area contributed by atoms with Crippen molar-refractivity contribution in [1.82, 2.24) is 9.55 Å². The lowest BCUT2D eigenvalue weighted by Gasteiger charge is -2.19. The van der Waals surface area contributed by atoms with Gasteiger partial charge in [-0.25, -0.2) is 4.98 Å². The Morgan fingerprint density at radius 1 is 1.64 bits per heavy atom. The third kappa shape index (κ3) is 1.55. The van der Waals surface area contributed by atoms with Gasteiger partial charge in [0.05, 0.1) is 12.3 Å². The number of aliphatic hydroxyl groups excluding tert-OH is 1. The Balaban J connectivity index is 2.33. The van der Waals surface area contributed by atoms with Crippen LogP contribution in [-0.4, -0.2) is 27.3 Å². The third-order valence-corrected chi connectivity index (χ3v) is 2.88. The van der Waals surface area contributed by atoms with E-state index in [0.717, 1.165) is 30.8 Å². The van der Waals surface area contributed by atoms with E-state index < -0.39 is 0 Å². The summed E-state index contributed by atoms with van der Waals surface area (Å²) >= 11 is 0. The standard InChI is InChI=1S/C10H17N3O/c1-7-12-9-6-8(11)2-3-10(9)13(7)4-5-14/h8,14H,2-6,11H2,1H3. The van der Waals surface area contributed by atoms with Gasteiger partial charge in [-0.3, -0.25) is 0 Å². The lowest BCUT2D eigenvalue weighted by atomic mass is 9.97. The maximum absolute atomic E-state index is 8.94. The molecule has 0 saturated heterocycles. The fourth-order valence-corrected chi connectivity index (χ4v) is 2.18. The molecule has 0 saturated carbocycles. The topological polar surface area (TPSA) is 64.1 Å². The predicted octanol–water partition coefficient (Wildman–Crippen LogP) is -0.000180. The van der Waals surface area contributed by atoms with Crippen molar-refractivity contribution < 1.29 is 5.11 Å². The van der Waals surface area contributed by atoms with Crippen molar-refractivity contribution in [2.45, 2.75) is 38.8 Å². The van der Waals surface area contributed by atoms with Gasteiger partial charge in [-0.2, -0.15) is 0 Å². The van der Waals surface area contributed by atoms with Gasteiger partial charge in [-0.1, -0.05) is 0 Å². The van der Waals surface area contributed by atoms with Crippen LogP contribution in [0.5, 0.6) is 0 Å². The Morgan fingerprint density at radius 3 is 3.14 bits per heavy atom. The third-order valence-electron chi connectivity index (χ3n) is 2.88. The van der Waals surface area contributed by atoms with Crippen LogP contribution >= 0.6 is 0 Å². The first-order valence-corrected chi connectivity index (χ1v) is 5.13. The zero-order chi connectivity index (χ0) is 10.1. The van der Waals surface area contributed by atoms with E-state index in [1.165, 1.54) is 5.69 Å². The number of nitrogens with two attached hydrogens (primary N) is 1. The number of hydrogen-bond acceptors (Lipinski definition) is 3. The molecule has 0 radical (unpaired) electrons. The van der Waals surface area contributed by atoms with E-state index in [9.17, 15) is 0 Å². The second-order valence-corrected chi connectivity index (χ2v) is 3.93. The lowest BCUT2D eigenvalue weighted by molar-refractivity contribution is 0.272. The summed E-state index contributed by atoms with van der Waals surface area (Å²) in [5.74, 6) is 0.998. The Bertz CT molecular complexity index is 332. The number of nitrogens with zero attached hydrogens (tertiary/aromatic N) is 2. The summed E-state index contributed by atoms with van der Waals surface area (Å²) in [6, 6.07) is 0.263. The predicted molar refractivity (Wildman–Crippen MR) is 54.1 cm³/mol. The Labute approximate surface area is 83.8 Å². The van der Waals surface area contributed by atoms with Crippen molar-refractivity contribution in [3.05, 3.63) is 17.2 Å². The van der Waals surface area contributed by atoms with E-state index >= 15 is 0 Å². The van der Waals surface area contributed by atoms with Crippen LogP contribution in [0.15, 0.2) is 0 Å². The van der Waals surface area contributed by atoms with Crippen molar-refractivity contribution in [3.63, 3.8) is 0 Å². The van der Waals surface area contributed by atoms with Gasteiger partial charge in [-0.05, 0) is 19.8 Å². The lowest BCUT2D eigenvalue weighted by Crippen LogP contribution is -2.28. The number of aromatic nitrogens is 2. The Kier molecular flexibility index (Phi) is 2.56. The summed E-state index contributed by atoms with van der Waals surface area (Å²) in [7, 11) is 0. The molecule has 1 unspecified atom stereocenters. The summed E-state index contributed by atoms with van der Waals surface area (Å²) in [5, 5.41) is 8.94. The Hall–Kier alpha value is -0.870. The molecule has 78 valence electrons. The van der Waals surface area contributed by atoms with Gasteiger partial charge >= 0.3 is 0 Å². The molecule has 0 fully saturated rings. The first kappa shape index (κ1) is 9.68. The highest BCUT2D eigenvalue weighted by atomic mass is 16.3. The minimum atomic E-state index is 0.176. The van der Waals surface area contributed by atoms with Crippen LogP contribution in [0.3, 0.4) is 0 Å². The molecular formula is C10H17N3O. The van der Waals surface area contributed by atoms with Gasteiger partial charge in [0.25, 0.3) is 0 Å². The maximum Gasteiger partial charge on any atom is 0.106 e. The summed E-state index contributed by atoms with van der Waals surface area (Å²) in [5.41, 5.74) is 8.29. The van der Waals surface area contributed by atoms with Crippen molar-refractivity contribution in [1.29, 1.82) is 0 Å². The molecule has 1 aromatic heterocycles. The first-order chi connectivity index (χ1) is 6.72. The van der Waals surface area contributed by atoms with Crippen LogP contribution in [0.1, 0.15) is 23.6 Å². The molecule has 4 nitrogen and oxygen atoms in total. The molecule has 1 aliphatic carbocycles. The molecule has 0 aliphatic heterocycles. The number of fused-ring (bicyclic) bond motifs is 1. The van der Waals surface area contributed by atoms with Gasteiger partial charge in [-0.15, -0.1) is 0 Å². The van der Waals surface area contributed by atoms with Gasteiger partial charge in [0, 0.05) is 24.7 Å². The van der Waals surface area contributed by atoms with Gasteiger partial charge in [0.2, 0.25) is 0 Å². The average molecular weight is 195 g/mol. The van der Waals surface area contributed by atoms with Gasteiger partial charge < -0.3 is 15.4 Å². The molecule has 14 heavy (non-hydrogen) atoms. The molecule has 0 amide bonds. The van der Waals surface area contributed by atoms with E-state index in [-0.39, 0.29) is 12.6 Å². The van der Waals surface area contributed by atoms with Crippen LogP contribution < -0.4 is 5.73 Å². The van der Waals surface area contributed by atoms with E-state index in [2.05, 4.69) is 9.55 Å². The molecule has 1 aromatic rings. The largest absolute Gasteiger partial charge is 0.395 e. The highest BCUT2D eigenvalue weighted by Crippen LogP contribution is 2.21. The van der Waals surface area contributed by atoms with Crippen molar-refractivity contribution in [2.75, 3.05) is 6.61 Å². The quantitative estimate of drug-likeness (QED) is 0.698. The number of hydrogen-bond donors (Lipinski definition) is 2. The average Bonchev–Trinajstić information content (AvgIpc) is 2.43. The Morgan fingerprint density at radius 2 is 2.43 bits per heavy atom. The number of aliphatic hydroxyl groups is 1. The van der Waals surface area contributed by atoms with Crippen molar-refractivity contribution in [2.24, 2.45) is 5.73 Å². The summed E-state index contributed by atoms with van der Waals surface area (Å²) in [6.45, 7) is 2.82. The van der Waals surface area contributed by atoms with Crippen molar-refractivity contribution in [3.8, 4) is 0 Å². The second-order valence-electron chi connectivity index (χ2n) is 3.93. The summed E-state index contributed by atoms with van der Waals surface area (Å²) < 4.78 is 2.11. The van der Waals surface area contributed by atoms with E-state index in [1.807, 2.05) is 6.92 Å². The highest BCUT2D eigenvalue weighted by Gasteiger charge is 2.21. The fraction of sp³-hybridized carbons (Fsp3) is 0.700. The molecular weight excluding hydrogens is 178 g/mol. The number of aryl methyl sites for hydroxylation is 1. The van der Waals surface area contributed by atoms with E-state index in [4.69, 9.17) is 10.8 Å². The van der Waals surface area contributed by atoms with Gasteiger partial charge in [0.1, 0.15) is 5.82 Å². The normalized spacial score (nSPS) is 20.9. The van der Waals surface area contributed by atoms with Gasteiger partial charge in [0.15, 0.2) is 0 Å².